The van der Waals surface area contributed by atoms with E-state index in [0.29, 0.717) is 11.3 Å². The molecular weight excluding hydrogens is 286 g/mol. The number of aromatic nitrogens is 1. The zero-order valence-electron chi connectivity index (χ0n) is 14.9. The fourth-order valence-corrected chi connectivity index (χ4v) is 3.34. The highest BCUT2D eigenvalue weighted by Gasteiger charge is 2.28. The van der Waals surface area contributed by atoms with Crippen LogP contribution in [0, 0.1) is 27.7 Å². The molecule has 2 aliphatic rings. The molecule has 23 heavy (non-hydrogen) atoms. The summed E-state index contributed by atoms with van der Waals surface area (Å²) in [6.45, 7) is 14.0. The van der Waals surface area contributed by atoms with Crippen LogP contribution in [0.25, 0.3) is 22.6 Å². The summed E-state index contributed by atoms with van der Waals surface area (Å²) in [5.41, 5.74) is 6.79. The number of hydrogen-bond acceptors (Lipinski definition) is 3. The zero-order chi connectivity index (χ0) is 17.1. The second kappa shape index (κ2) is 4.92. The van der Waals surface area contributed by atoms with Gasteiger partial charge in [0.25, 0.3) is 0 Å². The number of benzene rings is 2. The molecule has 0 bridgehead atoms. The molecule has 3 nitrogen and oxygen atoms in total. The maximum atomic E-state index is 12.9. The maximum absolute atomic E-state index is 12.9. The van der Waals surface area contributed by atoms with Gasteiger partial charge in [0.1, 0.15) is 11.2 Å². The van der Waals surface area contributed by atoms with Crippen LogP contribution in [0.5, 0.6) is 0 Å². The third-order valence-corrected chi connectivity index (χ3v) is 4.56. The molecular formula is C20H23NO2. The van der Waals surface area contributed by atoms with Crippen molar-refractivity contribution >= 4 is 11.1 Å². The van der Waals surface area contributed by atoms with Crippen LogP contribution >= 0.6 is 0 Å². The Labute approximate surface area is 136 Å². The normalized spacial score (nSPS) is 12.3. The van der Waals surface area contributed by atoms with Gasteiger partial charge in [-0.1, -0.05) is 32.9 Å². The molecule has 0 atom stereocenters. The van der Waals surface area contributed by atoms with Crippen molar-refractivity contribution in [2.45, 2.75) is 53.9 Å². The highest BCUT2D eigenvalue weighted by molar-refractivity contribution is 5.83. The number of hydrogen-bond donors (Lipinski definition) is 0. The average Bonchev–Trinajstić information content (AvgIpc) is 2.46. The molecule has 0 spiro atoms. The van der Waals surface area contributed by atoms with Gasteiger partial charge in [0.2, 0.25) is 0 Å². The van der Waals surface area contributed by atoms with Crippen LogP contribution < -0.4 is 5.43 Å². The van der Waals surface area contributed by atoms with Gasteiger partial charge in [-0.2, -0.15) is 0 Å². The van der Waals surface area contributed by atoms with Crippen molar-refractivity contribution in [2.24, 2.45) is 0 Å². The molecule has 0 saturated carbocycles. The summed E-state index contributed by atoms with van der Waals surface area (Å²) in [4.78, 5) is 17.7. The topological polar surface area (TPSA) is 43.1 Å². The molecule has 1 aromatic carbocycles. The minimum absolute atomic E-state index is 0.0673. The second-order valence-electron chi connectivity index (χ2n) is 7.47. The van der Waals surface area contributed by atoms with Crippen molar-refractivity contribution in [2.75, 3.05) is 0 Å². The van der Waals surface area contributed by atoms with Gasteiger partial charge < -0.3 is 4.42 Å². The molecule has 0 aromatic heterocycles. The molecule has 1 aliphatic heterocycles. The lowest BCUT2D eigenvalue weighted by atomic mass is 9.81. The van der Waals surface area contributed by atoms with Crippen molar-refractivity contribution < 1.29 is 4.42 Å². The van der Waals surface area contributed by atoms with Crippen LogP contribution in [0.3, 0.4) is 0 Å². The Kier molecular flexibility index (Phi) is 3.36. The number of aryl methyl sites for hydroxylation is 2. The third kappa shape index (κ3) is 2.26. The first-order valence-corrected chi connectivity index (χ1v) is 7.97. The Bertz CT molecular complexity index is 958. The zero-order valence-corrected chi connectivity index (χ0v) is 14.9. The van der Waals surface area contributed by atoms with Gasteiger partial charge >= 0.3 is 0 Å². The molecule has 0 unspecified atom stereocenters. The van der Waals surface area contributed by atoms with E-state index in [1.165, 1.54) is 0 Å². The highest BCUT2D eigenvalue weighted by atomic mass is 16.3. The molecule has 1 aromatic rings. The minimum Gasteiger partial charge on any atom is -0.452 e. The van der Waals surface area contributed by atoms with E-state index in [4.69, 9.17) is 9.40 Å². The van der Waals surface area contributed by atoms with E-state index in [1.54, 1.807) is 0 Å². The van der Waals surface area contributed by atoms with E-state index >= 15 is 0 Å². The summed E-state index contributed by atoms with van der Waals surface area (Å²) >= 11 is 0. The monoisotopic (exact) mass is 309 g/mol. The van der Waals surface area contributed by atoms with Crippen LogP contribution in [0.15, 0.2) is 21.3 Å². The number of nitrogens with zero attached hydrogens (tertiary/aromatic N) is 1. The average molecular weight is 309 g/mol. The van der Waals surface area contributed by atoms with Gasteiger partial charge in [-0.25, -0.2) is 4.98 Å². The van der Waals surface area contributed by atoms with Crippen molar-refractivity contribution in [1.82, 2.24) is 4.98 Å². The maximum Gasteiger partial charge on any atom is 0.189 e. The Morgan fingerprint density at radius 1 is 0.957 bits per heavy atom. The SMILES string of the molecule is Cc1c2nc3c(C)ccc(C)c3oc-2c(C)c(=O)c1C(C)(C)C. The van der Waals surface area contributed by atoms with E-state index < -0.39 is 0 Å². The molecule has 0 amide bonds. The van der Waals surface area contributed by atoms with Crippen molar-refractivity contribution in [3.63, 3.8) is 0 Å². The van der Waals surface area contributed by atoms with Crippen LogP contribution in [0.4, 0.5) is 0 Å². The first-order valence-electron chi connectivity index (χ1n) is 7.97. The quantitative estimate of drug-likeness (QED) is 0.559. The van der Waals surface area contributed by atoms with Gasteiger partial charge in [-0.3, -0.25) is 4.79 Å². The molecule has 120 valence electrons. The summed E-state index contributed by atoms with van der Waals surface area (Å²) < 4.78 is 6.16. The second-order valence-corrected chi connectivity index (χ2v) is 7.47. The molecule has 1 heterocycles. The highest BCUT2D eigenvalue weighted by Crippen LogP contribution is 2.35. The Balaban J connectivity index is 2.58. The minimum atomic E-state index is -0.224. The summed E-state index contributed by atoms with van der Waals surface area (Å²) in [5.74, 6) is 0.613. The lowest BCUT2D eigenvalue weighted by Crippen LogP contribution is -2.27. The largest absolute Gasteiger partial charge is 0.452 e. The fraction of sp³-hybridized carbons (Fsp3) is 0.400. The van der Waals surface area contributed by atoms with Crippen LogP contribution in [0.1, 0.15) is 48.6 Å². The van der Waals surface area contributed by atoms with Gasteiger partial charge in [0.05, 0.1) is 0 Å². The van der Waals surface area contributed by atoms with Crippen molar-refractivity contribution in [1.29, 1.82) is 0 Å². The predicted octanol–water partition coefficient (Wildman–Crippen LogP) is 4.82. The molecule has 0 fully saturated rings. The Morgan fingerprint density at radius 2 is 1.57 bits per heavy atom. The first-order chi connectivity index (χ1) is 10.6. The smallest absolute Gasteiger partial charge is 0.189 e. The number of rotatable bonds is 0. The van der Waals surface area contributed by atoms with Gasteiger partial charge in [0.15, 0.2) is 16.8 Å². The Hall–Kier alpha value is -2.16. The van der Waals surface area contributed by atoms with E-state index in [2.05, 4.69) is 26.8 Å². The van der Waals surface area contributed by atoms with Crippen molar-refractivity contribution in [3.05, 3.63) is 50.2 Å². The third-order valence-electron chi connectivity index (χ3n) is 4.56. The van der Waals surface area contributed by atoms with E-state index in [9.17, 15) is 4.79 Å². The Morgan fingerprint density at radius 3 is 2.17 bits per heavy atom. The van der Waals surface area contributed by atoms with E-state index in [-0.39, 0.29) is 10.8 Å². The molecule has 0 N–H and O–H groups in total. The molecule has 3 rings (SSSR count). The summed E-state index contributed by atoms with van der Waals surface area (Å²) in [6.07, 6.45) is 0. The molecule has 0 saturated heterocycles. The predicted molar refractivity (Wildman–Crippen MR) is 94.5 cm³/mol. The molecule has 3 heteroatoms. The first kappa shape index (κ1) is 15.7. The molecule has 1 aliphatic carbocycles. The molecule has 0 radical (unpaired) electrons. The van der Waals surface area contributed by atoms with Crippen molar-refractivity contribution in [3.8, 4) is 11.5 Å². The van der Waals surface area contributed by atoms with Crippen LogP contribution in [-0.4, -0.2) is 4.98 Å². The summed E-state index contributed by atoms with van der Waals surface area (Å²) in [5, 5.41) is 0. The lowest BCUT2D eigenvalue weighted by Gasteiger charge is -2.24. The van der Waals surface area contributed by atoms with E-state index in [1.807, 2.05) is 33.8 Å². The van der Waals surface area contributed by atoms with Crippen LogP contribution in [-0.2, 0) is 5.41 Å². The van der Waals surface area contributed by atoms with E-state index in [0.717, 1.165) is 39.0 Å². The fourth-order valence-electron chi connectivity index (χ4n) is 3.34. The van der Waals surface area contributed by atoms with Crippen LogP contribution in [0.2, 0.25) is 0 Å². The lowest BCUT2D eigenvalue weighted by molar-refractivity contribution is 0.570. The number of fused-ring (bicyclic) bond motifs is 2. The van der Waals surface area contributed by atoms with Gasteiger partial charge in [-0.15, -0.1) is 0 Å². The summed E-state index contributed by atoms with van der Waals surface area (Å²) in [6, 6.07) is 4.08. The standard InChI is InChI=1S/C20H23NO2/c1-10-8-9-11(2)18-15(10)21-16-12(3)14(20(5,6)7)17(22)13(4)19(16)23-18/h8-9H,1-7H3. The van der Waals surface area contributed by atoms with Gasteiger partial charge in [0, 0.05) is 11.1 Å². The summed E-state index contributed by atoms with van der Waals surface area (Å²) in [7, 11) is 0. The van der Waals surface area contributed by atoms with Gasteiger partial charge in [-0.05, 0) is 49.8 Å².